The Balaban J connectivity index is 0. The van der Waals surface area contributed by atoms with Gasteiger partial charge in [-0.15, -0.1) is 13.2 Å². The highest BCUT2D eigenvalue weighted by molar-refractivity contribution is 4.62. The molecule has 2 heteroatoms. The second kappa shape index (κ2) is 19.9. The van der Waals surface area contributed by atoms with Crippen LogP contribution in [0.5, 0.6) is 0 Å². The first kappa shape index (κ1) is 17.8. The summed E-state index contributed by atoms with van der Waals surface area (Å²) in [5, 5.41) is 0. The van der Waals surface area contributed by atoms with Crippen LogP contribution in [0.25, 0.3) is 0 Å². The summed E-state index contributed by atoms with van der Waals surface area (Å²) in [6, 6.07) is 0. The van der Waals surface area contributed by atoms with Crippen molar-refractivity contribution in [3.8, 4) is 0 Å². The van der Waals surface area contributed by atoms with Crippen molar-refractivity contribution in [1.82, 2.24) is 0 Å². The molecule has 0 aromatic rings. The van der Waals surface area contributed by atoms with Gasteiger partial charge in [0.1, 0.15) is 0 Å². The minimum absolute atomic E-state index is 0.653. The van der Waals surface area contributed by atoms with Crippen molar-refractivity contribution in [2.75, 3.05) is 27.4 Å². The van der Waals surface area contributed by atoms with Crippen molar-refractivity contribution in [2.24, 2.45) is 0 Å². The molecular weight excluding hydrogens is 200 g/mol. The van der Waals surface area contributed by atoms with E-state index in [4.69, 9.17) is 0 Å². The predicted octanol–water partition coefficient (Wildman–Crippen LogP) is 3.98. The maximum atomic E-state index is 4.57. The normalized spacial score (nSPS) is 13.6. The van der Waals surface area contributed by atoms with Crippen LogP contribution in [0.4, 0.5) is 0 Å². The summed E-state index contributed by atoms with van der Waals surface area (Å²) >= 11 is 0. The summed E-state index contributed by atoms with van der Waals surface area (Å²) in [7, 11) is 3.28. The van der Waals surface area contributed by atoms with Gasteiger partial charge in [0.05, 0.1) is 13.2 Å². The molecule has 1 aliphatic carbocycles. The van der Waals surface area contributed by atoms with E-state index in [-0.39, 0.29) is 0 Å². The van der Waals surface area contributed by atoms with Crippen LogP contribution in [0, 0.1) is 0 Å². The molecule has 0 heterocycles. The highest BCUT2D eigenvalue weighted by atomic mass is 16.5. The van der Waals surface area contributed by atoms with Gasteiger partial charge in [-0.1, -0.05) is 50.7 Å². The van der Waals surface area contributed by atoms with E-state index in [0.717, 1.165) is 0 Å². The van der Waals surface area contributed by atoms with E-state index < -0.39 is 0 Å². The number of ether oxygens (including phenoxy) is 2. The molecule has 0 unspecified atom stereocenters. The molecule has 1 rings (SSSR count). The van der Waals surface area contributed by atoms with Crippen molar-refractivity contribution < 1.29 is 9.47 Å². The van der Waals surface area contributed by atoms with Crippen LogP contribution in [0.2, 0.25) is 0 Å². The molecule has 0 aliphatic heterocycles. The lowest BCUT2D eigenvalue weighted by Crippen LogP contribution is -1.85. The van der Waals surface area contributed by atoms with Crippen LogP contribution in [0.15, 0.2) is 25.3 Å². The van der Waals surface area contributed by atoms with Crippen molar-refractivity contribution in [1.29, 1.82) is 0 Å². The van der Waals surface area contributed by atoms with Crippen LogP contribution in [-0.2, 0) is 9.47 Å². The second-order valence-electron chi connectivity index (χ2n) is 3.61. The Labute approximate surface area is 101 Å². The van der Waals surface area contributed by atoms with E-state index in [2.05, 4.69) is 22.6 Å². The summed E-state index contributed by atoms with van der Waals surface area (Å²) < 4.78 is 9.15. The van der Waals surface area contributed by atoms with E-state index in [1.807, 2.05) is 0 Å². The predicted molar refractivity (Wildman–Crippen MR) is 71.8 cm³/mol. The summed E-state index contributed by atoms with van der Waals surface area (Å²) in [4.78, 5) is 0. The fourth-order valence-corrected chi connectivity index (χ4v) is 1.30. The number of hydrogen-bond donors (Lipinski definition) is 0. The Morgan fingerprint density at radius 3 is 1.06 bits per heavy atom. The fourth-order valence-electron chi connectivity index (χ4n) is 1.30. The Morgan fingerprint density at radius 1 is 0.750 bits per heavy atom. The van der Waals surface area contributed by atoms with E-state index in [9.17, 15) is 0 Å². The molecule has 1 saturated carbocycles. The lowest BCUT2D eigenvalue weighted by Gasteiger charge is -2.05. The fraction of sp³-hybridized carbons (Fsp3) is 0.714. The van der Waals surface area contributed by atoms with Gasteiger partial charge < -0.3 is 9.47 Å². The van der Waals surface area contributed by atoms with Crippen molar-refractivity contribution in [3.63, 3.8) is 0 Å². The number of hydrogen-bond acceptors (Lipinski definition) is 2. The third kappa shape index (κ3) is 23.3. The van der Waals surface area contributed by atoms with Gasteiger partial charge in [0.25, 0.3) is 0 Å². The van der Waals surface area contributed by atoms with Gasteiger partial charge in [0, 0.05) is 14.2 Å². The second-order valence-corrected chi connectivity index (χ2v) is 3.61. The molecule has 1 aliphatic rings. The van der Waals surface area contributed by atoms with Crippen LogP contribution in [0.1, 0.15) is 38.5 Å². The highest BCUT2D eigenvalue weighted by Crippen LogP contribution is 2.15. The van der Waals surface area contributed by atoms with Crippen LogP contribution >= 0.6 is 0 Å². The molecule has 1 fully saturated rings. The van der Waals surface area contributed by atoms with E-state index in [1.165, 1.54) is 38.5 Å². The summed E-state index contributed by atoms with van der Waals surface area (Å²) in [6.45, 7) is 8.16. The summed E-state index contributed by atoms with van der Waals surface area (Å²) in [5.74, 6) is 0. The monoisotopic (exact) mass is 228 g/mol. The molecule has 16 heavy (non-hydrogen) atoms. The number of rotatable bonds is 4. The molecule has 0 aromatic carbocycles. The third-order valence-electron chi connectivity index (χ3n) is 2.07. The zero-order chi connectivity index (χ0) is 12.5. The van der Waals surface area contributed by atoms with Gasteiger partial charge in [-0.3, -0.25) is 0 Å². The molecule has 2 nitrogen and oxygen atoms in total. The van der Waals surface area contributed by atoms with Crippen LogP contribution in [0.3, 0.4) is 0 Å². The quantitative estimate of drug-likeness (QED) is 0.678. The average Bonchev–Trinajstić information content (AvgIpc) is 2.35. The molecule has 96 valence electrons. The van der Waals surface area contributed by atoms with Crippen molar-refractivity contribution in [2.45, 2.75) is 38.5 Å². The summed E-state index contributed by atoms with van der Waals surface area (Å²) in [6.07, 6.45) is 12.4. The topological polar surface area (TPSA) is 18.5 Å². The maximum absolute atomic E-state index is 4.57. The van der Waals surface area contributed by atoms with Gasteiger partial charge in [-0.05, 0) is 0 Å². The minimum atomic E-state index is 0.653. The first-order valence-electron chi connectivity index (χ1n) is 6.03. The van der Waals surface area contributed by atoms with E-state index >= 15 is 0 Å². The van der Waals surface area contributed by atoms with Crippen LogP contribution in [-0.4, -0.2) is 27.4 Å². The Hall–Kier alpha value is -0.600. The average molecular weight is 228 g/mol. The lowest BCUT2D eigenvalue weighted by molar-refractivity contribution is 0.234. The Morgan fingerprint density at radius 2 is 1.00 bits per heavy atom. The Bertz CT molecular complexity index is 107. The van der Waals surface area contributed by atoms with E-state index in [1.54, 1.807) is 26.4 Å². The van der Waals surface area contributed by atoms with Gasteiger partial charge >= 0.3 is 0 Å². The highest BCUT2D eigenvalue weighted by Gasteiger charge is 1.95. The van der Waals surface area contributed by atoms with Gasteiger partial charge in [0.2, 0.25) is 0 Å². The molecule has 0 N–H and O–H groups in total. The molecule has 0 saturated heterocycles. The lowest BCUT2D eigenvalue weighted by atomic mass is 10.0. The zero-order valence-corrected chi connectivity index (χ0v) is 11.0. The SMILES string of the molecule is C1CCCCC1.C=CCOC.C=CCOC. The molecule has 0 amide bonds. The van der Waals surface area contributed by atoms with Gasteiger partial charge in [-0.25, -0.2) is 0 Å². The molecule has 0 radical (unpaired) electrons. The number of methoxy groups -OCH3 is 2. The molecule has 0 atom stereocenters. The van der Waals surface area contributed by atoms with Crippen molar-refractivity contribution in [3.05, 3.63) is 25.3 Å². The molecule has 0 aromatic heterocycles. The maximum Gasteiger partial charge on any atom is 0.0641 e. The van der Waals surface area contributed by atoms with Crippen LogP contribution < -0.4 is 0 Å². The third-order valence-corrected chi connectivity index (χ3v) is 2.07. The largest absolute Gasteiger partial charge is 0.381 e. The zero-order valence-electron chi connectivity index (χ0n) is 11.0. The Kier molecular flexibility index (Phi) is 22.1. The molecule has 0 bridgehead atoms. The standard InChI is InChI=1S/C6H12.2C4H8O/c1-2-4-6-5-3-1;2*1-3-4-5-2/h1-6H2;2*3H,1,4H2,2H3. The first-order chi connectivity index (χ1) is 7.83. The minimum Gasteiger partial charge on any atom is -0.381 e. The molecular formula is C14H28O2. The van der Waals surface area contributed by atoms with Gasteiger partial charge in [-0.2, -0.15) is 0 Å². The smallest absolute Gasteiger partial charge is 0.0641 e. The first-order valence-corrected chi connectivity index (χ1v) is 6.03. The van der Waals surface area contributed by atoms with E-state index in [0.29, 0.717) is 13.2 Å². The summed E-state index contributed by atoms with van der Waals surface area (Å²) in [5.41, 5.74) is 0. The molecule has 0 spiro atoms. The van der Waals surface area contributed by atoms with Crippen molar-refractivity contribution >= 4 is 0 Å². The van der Waals surface area contributed by atoms with Gasteiger partial charge in [0.15, 0.2) is 0 Å².